The van der Waals surface area contributed by atoms with Gasteiger partial charge < -0.3 is 14.2 Å². The van der Waals surface area contributed by atoms with Crippen LogP contribution in [0.5, 0.6) is 0 Å². The summed E-state index contributed by atoms with van der Waals surface area (Å²) in [5.74, 6) is 0. The summed E-state index contributed by atoms with van der Waals surface area (Å²) in [4.78, 5) is 22.5. The molecule has 1 amide bonds. The van der Waals surface area contributed by atoms with Crippen LogP contribution in [-0.4, -0.2) is 39.4 Å². The van der Waals surface area contributed by atoms with Crippen LogP contribution in [0, 0.1) is 0 Å². The molecule has 6 heteroatoms. The van der Waals surface area contributed by atoms with E-state index in [9.17, 15) is 4.79 Å². The Bertz CT molecular complexity index is 817. The lowest BCUT2D eigenvalue weighted by Crippen LogP contribution is -2.39. The van der Waals surface area contributed by atoms with Crippen molar-refractivity contribution in [1.82, 2.24) is 14.5 Å². The van der Waals surface area contributed by atoms with E-state index in [2.05, 4.69) is 22.8 Å². The van der Waals surface area contributed by atoms with Gasteiger partial charge in [0.15, 0.2) is 0 Å². The number of amides is 1. The van der Waals surface area contributed by atoms with Gasteiger partial charge in [0.05, 0.1) is 30.5 Å². The molecular weight excluding hydrogens is 316 g/mol. The van der Waals surface area contributed by atoms with E-state index >= 15 is 0 Å². The van der Waals surface area contributed by atoms with Crippen molar-refractivity contribution in [2.75, 3.05) is 6.54 Å². The average Bonchev–Trinajstić information content (AvgIpc) is 2.97. The summed E-state index contributed by atoms with van der Waals surface area (Å²) in [6.07, 6.45) is 4.09. The van der Waals surface area contributed by atoms with Crippen LogP contribution >= 0.6 is 0 Å². The second-order valence-corrected chi connectivity index (χ2v) is 7.33. The number of nitrogens with zero attached hydrogens (tertiary/aromatic N) is 4. The first-order valence-electron chi connectivity index (χ1n) is 8.35. The molecule has 6 nitrogen and oxygen atoms in total. The Labute approximate surface area is 148 Å². The van der Waals surface area contributed by atoms with E-state index < -0.39 is 5.60 Å². The fourth-order valence-corrected chi connectivity index (χ4v) is 3.05. The lowest BCUT2D eigenvalue weighted by atomic mass is 9.94. The number of hydrogen-bond donors (Lipinski definition) is 0. The molecule has 0 N–H and O–H groups in total. The lowest BCUT2D eigenvalue weighted by molar-refractivity contribution is 0.0224. The molecule has 0 radical (unpaired) electrons. The average molecular weight is 340 g/mol. The summed E-state index contributed by atoms with van der Waals surface area (Å²) in [6, 6.07) is 4.16. The first-order chi connectivity index (χ1) is 11.8. The van der Waals surface area contributed by atoms with Crippen LogP contribution in [0.15, 0.2) is 29.6 Å². The number of aliphatic imine (C=N–C) groups is 1. The van der Waals surface area contributed by atoms with Crippen molar-refractivity contribution in [2.45, 2.75) is 39.3 Å². The van der Waals surface area contributed by atoms with Crippen LogP contribution in [0.1, 0.15) is 31.9 Å². The molecule has 0 bridgehead atoms. The number of carbonyl (C=O) groups is 1. The standard InChI is InChI=1S/C19H24N4O2/c1-19(2,3)25-18(24)23-7-6-13-8-14(17-10-21-12-22(17)5)9-16(20-4)15(13)11-23/h8-10,12H,4,6-7,11H2,1-3,5H3. The maximum atomic E-state index is 12.4. The maximum Gasteiger partial charge on any atom is 0.410 e. The van der Waals surface area contributed by atoms with Crippen molar-refractivity contribution < 1.29 is 9.53 Å². The predicted molar refractivity (Wildman–Crippen MR) is 98.2 cm³/mol. The van der Waals surface area contributed by atoms with Gasteiger partial charge in [0.2, 0.25) is 0 Å². The molecule has 0 saturated carbocycles. The predicted octanol–water partition coefficient (Wildman–Crippen LogP) is 3.71. The molecule has 0 fully saturated rings. The Morgan fingerprint density at radius 1 is 1.36 bits per heavy atom. The van der Waals surface area contributed by atoms with Gasteiger partial charge in [0.25, 0.3) is 0 Å². The maximum absolute atomic E-state index is 12.4. The van der Waals surface area contributed by atoms with Gasteiger partial charge in [0, 0.05) is 24.7 Å². The van der Waals surface area contributed by atoms with E-state index in [0.717, 1.165) is 28.9 Å². The van der Waals surface area contributed by atoms with E-state index in [0.29, 0.717) is 13.1 Å². The highest BCUT2D eigenvalue weighted by atomic mass is 16.6. The monoisotopic (exact) mass is 340 g/mol. The molecule has 0 unspecified atom stereocenters. The number of rotatable bonds is 2. The molecular formula is C19H24N4O2. The zero-order valence-corrected chi connectivity index (χ0v) is 15.2. The summed E-state index contributed by atoms with van der Waals surface area (Å²) in [7, 11) is 1.97. The SMILES string of the molecule is C=Nc1cc(-c2cncn2C)cc2c1CN(C(=O)OC(C)(C)C)CC2. The molecule has 1 aliphatic rings. The number of imidazole rings is 1. The first-order valence-corrected chi connectivity index (χ1v) is 8.35. The Kier molecular flexibility index (Phi) is 4.37. The third kappa shape index (κ3) is 3.57. The van der Waals surface area contributed by atoms with Gasteiger partial charge in [-0.3, -0.25) is 4.99 Å². The zero-order valence-electron chi connectivity index (χ0n) is 15.2. The highest BCUT2D eigenvalue weighted by molar-refractivity contribution is 5.73. The fraction of sp³-hybridized carbons (Fsp3) is 0.421. The van der Waals surface area contributed by atoms with E-state index in [4.69, 9.17) is 4.74 Å². The molecule has 1 aromatic heterocycles. The van der Waals surface area contributed by atoms with Crippen LogP contribution < -0.4 is 0 Å². The van der Waals surface area contributed by atoms with Crippen LogP contribution in [-0.2, 0) is 24.8 Å². The topological polar surface area (TPSA) is 59.7 Å². The summed E-state index contributed by atoms with van der Waals surface area (Å²) in [5.41, 5.74) is 4.63. The van der Waals surface area contributed by atoms with Gasteiger partial charge in [-0.2, -0.15) is 0 Å². The van der Waals surface area contributed by atoms with Gasteiger partial charge in [-0.1, -0.05) is 0 Å². The second kappa shape index (κ2) is 6.35. The molecule has 25 heavy (non-hydrogen) atoms. The summed E-state index contributed by atoms with van der Waals surface area (Å²) >= 11 is 0. The smallest absolute Gasteiger partial charge is 0.410 e. The number of hydrogen-bond acceptors (Lipinski definition) is 4. The number of fused-ring (bicyclic) bond motifs is 1. The molecule has 2 heterocycles. The summed E-state index contributed by atoms with van der Waals surface area (Å²) in [6.45, 7) is 10.5. The molecule has 132 valence electrons. The van der Waals surface area contributed by atoms with Gasteiger partial charge in [-0.05, 0) is 51.6 Å². The number of carbonyl (C=O) groups excluding carboxylic acids is 1. The zero-order chi connectivity index (χ0) is 18.2. The molecule has 1 aliphatic heterocycles. The number of aryl methyl sites for hydroxylation is 1. The number of benzene rings is 1. The molecule has 0 atom stereocenters. The molecule has 1 aromatic carbocycles. The minimum absolute atomic E-state index is 0.288. The van der Waals surface area contributed by atoms with Crippen molar-refractivity contribution in [3.05, 3.63) is 35.8 Å². The largest absolute Gasteiger partial charge is 0.444 e. The van der Waals surface area contributed by atoms with Gasteiger partial charge in [-0.25, -0.2) is 9.78 Å². The molecule has 3 rings (SSSR count). The fourth-order valence-electron chi connectivity index (χ4n) is 3.05. The lowest BCUT2D eigenvalue weighted by Gasteiger charge is -2.32. The van der Waals surface area contributed by atoms with Crippen molar-refractivity contribution >= 4 is 18.5 Å². The van der Waals surface area contributed by atoms with Gasteiger partial charge in [0.1, 0.15) is 5.60 Å². The number of ether oxygens (including phenoxy) is 1. The summed E-state index contributed by atoms with van der Waals surface area (Å²) < 4.78 is 7.47. The Hall–Kier alpha value is -2.63. The van der Waals surface area contributed by atoms with Crippen LogP contribution in [0.25, 0.3) is 11.3 Å². The van der Waals surface area contributed by atoms with Crippen LogP contribution in [0.2, 0.25) is 0 Å². The molecule has 0 spiro atoms. The summed E-state index contributed by atoms with van der Waals surface area (Å²) in [5, 5.41) is 0. The van der Waals surface area contributed by atoms with E-state index in [-0.39, 0.29) is 6.09 Å². The van der Waals surface area contributed by atoms with Crippen molar-refractivity contribution in [3.63, 3.8) is 0 Å². The van der Waals surface area contributed by atoms with Gasteiger partial charge in [-0.15, -0.1) is 0 Å². The third-order valence-corrected chi connectivity index (χ3v) is 4.25. The highest BCUT2D eigenvalue weighted by Crippen LogP contribution is 2.34. The van der Waals surface area contributed by atoms with Crippen molar-refractivity contribution in [1.29, 1.82) is 0 Å². The van der Waals surface area contributed by atoms with E-state index in [1.165, 1.54) is 5.56 Å². The Balaban J connectivity index is 1.92. The first kappa shape index (κ1) is 17.2. The normalized spacial score (nSPS) is 14.2. The quantitative estimate of drug-likeness (QED) is 0.783. The second-order valence-electron chi connectivity index (χ2n) is 7.33. The van der Waals surface area contributed by atoms with E-state index in [1.807, 2.05) is 44.6 Å². The van der Waals surface area contributed by atoms with Crippen molar-refractivity contribution in [2.24, 2.45) is 12.0 Å². The molecule has 2 aromatic rings. The van der Waals surface area contributed by atoms with Gasteiger partial charge >= 0.3 is 6.09 Å². The van der Waals surface area contributed by atoms with Crippen LogP contribution in [0.3, 0.4) is 0 Å². The van der Waals surface area contributed by atoms with E-state index in [1.54, 1.807) is 11.2 Å². The minimum Gasteiger partial charge on any atom is -0.444 e. The van der Waals surface area contributed by atoms with Crippen LogP contribution in [0.4, 0.5) is 10.5 Å². The Morgan fingerprint density at radius 2 is 2.12 bits per heavy atom. The third-order valence-electron chi connectivity index (χ3n) is 4.25. The Morgan fingerprint density at radius 3 is 2.72 bits per heavy atom. The minimum atomic E-state index is -0.500. The van der Waals surface area contributed by atoms with Crippen molar-refractivity contribution in [3.8, 4) is 11.3 Å². The molecule has 0 aliphatic carbocycles. The highest BCUT2D eigenvalue weighted by Gasteiger charge is 2.27. The molecule has 0 saturated heterocycles. The number of aromatic nitrogens is 2.